The Balaban J connectivity index is 1.09. The molecule has 2 aromatic carbocycles. The van der Waals surface area contributed by atoms with Crippen LogP contribution in [-0.2, 0) is 30.8 Å². The molecule has 0 saturated carbocycles. The van der Waals surface area contributed by atoms with Gasteiger partial charge in [-0.2, -0.15) is 0 Å². The van der Waals surface area contributed by atoms with Crippen LogP contribution in [-0.4, -0.2) is 72.1 Å². The van der Waals surface area contributed by atoms with Crippen LogP contribution in [0.1, 0.15) is 35.4 Å². The van der Waals surface area contributed by atoms with Gasteiger partial charge in [-0.1, -0.05) is 65.8 Å². The molecular weight excluding hydrogens is 474 g/mol. The van der Waals surface area contributed by atoms with Gasteiger partial charge in [-0.25, -0.2) is 0 Å². The number of aromatic nitrogens is 1. The van der Waals surface area contributed by atoms with Crippen molar-refractivity contribution in [3.8, 4) is 0 Å². The van der Waals surface area contributed by atoms with Crippen LogP contribution in [0.15, 0.2) is 71.3 Å². The van der Waals surface area contributed by atoms with Gasteiger partial charge in [0.25, 0.3) is 0 Å². The molecule has 3 heterocycles. The van der Waals surface area contributed by atoms with E-state index >= 15 is 0 Å². The molecule has 2 aliphatic rings. The molecule has 0 bridgehead atoms. The van der Waals surface area contributed by atoms with Crippen molar-refractivity contribution in [2.75, 3.05) is 46.3 Å². The molecule has 5 rings (SSSR count). The third-order valence-electron chi connectivity index (χ3n) is 7.98. The van der Waals surface area contributed by atoms with Gasteiger partial charge >= 0.3 is 0 Å². The van der Waals surface area contributed by atoms with Gasteiger partial charge in [-0.3, -0.25) is 14.6 Å². The summed E-state index contributed by atoms with van der Waals surface area (Å²) in [6, 6.07) is 23.2. The zero-order chi connectivity index (χ0) is 26.2. The SMILES string of the molecule is CN(Cc1ccccc1)Cc1cc(C[C@@H]2CNCC[C@H]2CC(=O)N2CCN(Cc3ccccc3)CC2)no1. The Morgan fingerprint density at radius 3 is 2.42 bits per heavy atom. The smallest absolute Gasteiger partial charge is 0.222 e. The topological polar surface area (TPSA) is 64.9 Å². The Bertz CT molecular complexity index is 1130. The summed E-state index contributed by atoms with van der Waals surface area (Å²) in [6.45, 7) is 7.99. The Morgan fingerprint density at radius 1 is 0.974 bits per heavy atom. The fourth-order valence-corrected chi connectivity index (χ4v) is 5.85. The van der Waals surface area contributed by atoms with Crippen molar-refractivity contribution >= 4 is 5.91 Å². The van der Waals surface area contributed by atoms with Crippen LogP contribution >= 0.6 is 0 Å². The number of rotatable bonds is 10. The van der Waals surface area contributed by atoms with Crippen LogP contribution in [0.4, 0.5) is 0 Å². The summed E-state index contributed by atoms with van der Waals surface area (Å²) < 4.78 is 5.69. The number of piperidine rings is 1. The summed E-state index contributed by atoms with van der Waals surface area (Å²) in [5.74, 6) is 1.98. The molecule has 0 spiro atoms. The maximum Gasteiger partial charge on any atom is 0.222 e. The number of nitrogens with zero attached hydrogens (tertiary/aromatic N) is 4. The molecule has 7 heteroatoms. The Morgan fingerprint density at radius 2 is 1.68 bits per heavy atom. The highest BCUT2D eigenvalue weighted by Crippen LogP contribution is 2.27. The van der Waals surface area contributed by atoms with Crippen LogP contribution in [0, 0.1) is 11.8 Å². The average molecular weight is 516 g/mol. The fourth-order valence-electron chi connectivity index (χ4n) is 5.85. The van der Waals surface area contributed by atoms with Crippen molar-refractivity contribution in [1.29, 1.82) is 0 Å². The van der Waals surface area contributed by atoms with Gasteiger partial charge in [-0.15, -0.1) is 0 Å². The van der Waals surface area contributed by atoms with Gasteiger partial charge in [0.1, 0.15) is 0 Å². The highest BCUT2D eigenvalue weighted by atomic mass is 16.5. The first-order chi connectivity index (χ1) is 18.6. The molecule has 7 nitrogen and oxygen atoms in total. The van der Waals surface area contributed by atoms with E-state index in [2.05, 4.69) is 92.9 Å². The highest BCUT2D eigenvalue weighted by Gasteiger charge is 2.30. The zero-order valence-electron chi connectivity index (χ0n) is 22.6. The summed E-state index contributed by atoms with van der Waals surface area (Å²) in [4.78, 5) is 20.0. The largest absolute Gasteiger partial charge is 0.360 e. The number of hydrogen-bond donors (Lipinski definition) is 1. The lowest BCUT2D eigenvalue weighted by Crippen LogP contribution is -2.49. The van der Waals surface area contributed by atoms with Crippen molar-refractivity contribution in [1.82, 2.24) is 25.2 Å². The zero-order valence-corrected chi connectivity index (χ0v) is 22.6. The van der Waals surface area contributed by atoms with E-state index in [0.717, 1.165) is 83.2 Å². The number of benzene rings is 2. The molecule has 1 N–H and O–H groups in total. The van der Waals surface area contributed by atoms with Crippen molar-refractivity contribution < 1.29 is 9.32 Å². The second-order valence-electron chi connectivity index (χ2n) is 11.0. The predicted molar refractivity (Wildman–Crippen MR) is 149 cm³/mol. The molecule has 0 aliphatic carbocycles. The molecule has 0 radical (unpaired) electrons. The van der Waals surface area contributed by atoms with Crippen molar-refractivity contribution in [2.45, 2.75) is 38.9 Å². The van der Waals surface area contributed by atoms with Gasteiger partial charge in [0.15, 0.2) is 5.76 Å². The van der Waals surface area contributed by atoms with Crippen LogP contribution in [0.25, 0.3) is 0 Å². The van der Waals surface area contributed by atoms with Crippen LogP contribution < -0.4 is 5.32 Å². The maximum absolute atomic E-state index is 13.3. The van der Waals surface area contributed by atoms with E-state index in [1.807, 2.05) is 6.07 Å². The standard InChI is InChI=1S/C31H41N5O2/c1-34(22-25-8-4-2-5-9-25)24-30-20-29(33-38-30)18-28-21-32-13-12-27(28)19-31(37)36-16-14-35(15-17-36)23-26-10-6-3-7-11-26/h2-11,20,27-28,32H,12-19,21-24H2,1H3/t27-,28+/m0/s1. The lowest BCUT2D eigenvalue weighted by molar-refractivity contribution is -0.134. The van der Waals surface area contributed by atoms with E-state index in [0.29, 0.717) is 24.2 Å². The molecule has 202 valence electrons. The molecule has 1 aromatic heterocycles. The van der Waals surface area contributed by atoms with Gasteiger partial charge in [0.05, 0.1) is 12.2 Å². The molecule has 38 heavy (non-hydrogen) atoms. The summed E-state index contributed by atoms with van der Waals surface area (Å²) >= 11 is 0. The van der Waals surface area contributed by atoms with Crippen LogP contribution in [0.2, 0.25) is 0 Å². The first-order valence-corrected chi connectivity index (χ1v) is 14.0. The summed E-state index contributed by atoms with van der Waals surface area (Å²) in [5.41, 5.74) is 3.62. The minimum Gasteiger partial charge on any atom is -0.360 e. The van der Waals surface area contributed by atoms with Crippen molar-refractivity contribution in [2.24, 2.45) is 11.8 Å². The summed E-state index contributed by atoms with van der Waals surface area (Å²) in [6.07, 6.45) is 2.52. The van der Waals surface area contributed by atoms with E-state index in [1.54, 1.807) is 0 Å². The van der Waals surface area contributed by atoms with E-state index in [9.17, 15) is 4.79 Å². The van der Waals surface area contributed by atoms with E-state index in [-0.39, 0.29) is 0 Å². The van der Waals surface area contributed by atoms with E-state index in [4.69, 9.17) is 4.52 Å². The number of piperazine rings is 1. The Kier molecular flexibility index (Phi) is 9.23. The third-order valence-corrected chi connectivity index (χ3v) is 7.98. The minimum atomic E-state index is 0.310. The Hall–Kier alpha value is -3.00. The molecule has 2 aliphatic heterocycles. The predicted octanol–water partition coefficient (Wildman–Crippen LogP) is 3.81. The first kappa shape index (κ1) is 26.6. The summed E-state index contributed by atoms with van der Waals surface area (Å²) in [7, 11) is 2.10. The normalized spacial score (nSPS) is 20.6. The van der Waals surface area contributed by atoms with E-state index < -0.39 is 0 Å². The van der Waals surface area contributed by atoms with E-state index in [1.165, 1.54) is 11.1 Å². The number of carbonyl (C=O) groups is 1. The van der Waals surface area contributed by atoms with Crippen LogP contribution in [0.5, 0.6) is 0 Å². The van der Waals surface area contributed by atoms with Gasteiger partial charge in [0.2, 0.25) is 5.91 Å². The monoisotopic (exact) mass is 515 g/mol. The second-order valence-corrected chi connectivity index (χ2v) is 11.0. The van der Waals surface area contributed by atoms with Crippen molar-refractivity contribution in [3.05, 3.63) is 89.3 Å². The molecule has 2 fully saturated rings. The highest BCUT2D eigenvalue weighted by molar-refractivity contribution is 5.76. The average Bonchev–Trinajstić information content (AvgIpc) is 3.37. The third kappa shape index (κ3) is 7.53. The van der Waals surface area contributed by atoms with Gasteiger partial charge < -0.3 is 14.7 Å². The molecule has 3 aromatic rings. The number of amides is 1. The minimum absolute atomic E-state index is 0.310. The molecular formula is C31H41N5O2. The van der Waals surface area contributed by atoms with Gasteiger partial charge in [0, 0.05) is 51.8 Å². The second kappa shape index (κ2) is 13.2. The lowest BCUT2D eigenvalue weighted by Gasteiger charge is -2.37. The lowest BCUT2D eigenvalue weighted by atomic mass is 9.81. The summed E-state index contributed by atoms with van der Waals surface area (Å²) in [5, 5.41) is 7.92. The molecule has 0 unspecified atom stereocenters. The van der Waals surface area contributed by atoms with Gasteiger partial charge in [-0.05, 0) is 55.9 Å². The fraction of sp³-hybridized carbons (Fsp3) is 0.484. The number of hydrogen-bond acceptors (Lipinski definition) is 6. The quantitative estimate of drug-likeness (QED) is 0.443. The molecule has 1 amide bonds. The Labute approximate surface area is 226 Å². The van der Waals surface area contributed by atoms with Crippen LogP contribution in [0.3, 0.4) is 0 Å². The first-order valence-electron chi connectivity index (χ1n) is 14.0. The molecule has 2 saturated heterocycles. The number of carbonyl (C=O) groups excluding carboxylic acids is 1. The maximum atomic E-state index is 13.3. The molecule has 2 atom stereocenters. The van der Waals surface area contributed by atoms with Crippen molar-refractivity contribution in [3.63, 3.8) is 0 Å². The number of nitrogens with one attached hydrogen (secondary N) is 1.